The fraction of sp³-hybridized carbons (Fsp3) is 0.286. The molecule has 0 saturated carbocycles. The molecule has 0 saturated heterocycles. The SMILES string of the molecule is CN1C(=O)Cc2c(Cl)nc(N)nc21. The van der Waals surface area contributed by atoms with Gasteiger partial charge in [-0.05, 0) is 0 Å². The van der Waals surface area contributed by atoms with E-state index in [9.17, 15) is 4.79 Å². The lowest BCUT2D eigenvalue weighted by molar-refractivity contribution is -0.117. The highest BCUT2D eigenvalue weighted by atomic mass is 35.5. The van der Waals surface area contributed by atoms with Gasteiger partial charge in [-0.3, -0.25) is 9.69 Å². The van der Waals surface area contributed by atoms with Gasteiger partial charge in [0.25, 0.3) is 0 Å². The third kappa shape index (κ3) is 1.12. The fourth-order valence-corrected chi connectivity index (χ4v) is 1.52. The number of carbonyl (C=O) groups is 1. The summed E-state index contributed by atoms with van der Waals surface area (Å²) < 4.78 is 0. The van der Waals surface area contributed by atoms with Crippen LogP contribution in [0, 0.1) is 0 Å². The zero-order valence-corrected chi connectivity index (χ0v) is 7.67. The molecule has 0 spiro atoms. The van der Waals surface area contributed by atoms with E-state index in [2.05, 4.69) is 9.97 Å². The van der Waals surface area contributed by atoms with Gasteiger partial charge in [-0.2, -0.15) is 4.98 Å². The molecule has 2 rings (SSSR count). The van der Waals surface area contributed by atoms with E-state index < -0.39 is 0 Å². The van der Waals surface area contributed by atoms with E-state index in [0.29, 0.717) is 11.4 Å². The molecule has 0 fully saturated rings. The Hall–Kier alpha value is -1.36. The molecule has 0 bridgehead atoms. The molecule has 2 heterocycles. The zero-order valence-electron chi connectivity index (χ0n) is 6.91. The molecule has 6 heteroatoms. The van der Waals surface area contributed by atoms with Gasteiger partial charge in [-0.15, -0.1) is 0 Å². The third-order valence-corrected chi connectivity index (χ3v) is 2.28. The van der Waals surface area contributed by atoms with Gasteiger partial charge < -0.3 is 5.73 Å². The van der Waals surface area contributed by atoms with Gasteiger partial charge in [0.05, 0.1) is 6.42 Å². The van der Waals surface area contributed by atoms with E-state index in [0.717, 1.165) is 0 Å². The lowest BCUT2D eigenvalue weighted by Gasteiger charge is -2.08. The van der Waals surface area contributed by atoms with Crippen molar-refractivity contribution >= 4 is 29.3 Å². The van der Waals surface area contributed by atoms with Gasteiger partial charge in [-0.1, -0.05) is 11.6 Å². The second kappa shape index (κ2) is 2.56. The molecule has 1 aromatic heterocycles. The minimum atomic E-state index is -0.0446. The molecule has 0 unspecified atom stereocenters. The first-order chi connectivity index (χ1) is 6.09. The average molecular weight is 199 g/mol. The Bertz CT molecular complexity index is 392. The van der Waals surface area contributed by atoms with Crippen molar-refractivity contribution in [2.75, 3.05) is 17.7 Å². The van der Waals surface area contributed by atoms with Gasteiger partial charge in [-0.25, -0.2) is 4.98 Å². The van der Waals surface area contributed by atoms with Crippen molar-refractivity contribution in [2.45, 2.75) is 6.42 Å². The number of nitrogen functional groups attached to an aromatic ring is 1. The Morgan fingerprint density at radius 2 is 2.23 bits per heavy atom. The molecule has 1 aliphatic heterocycles. The first-order valence-corrected chi connectivity index (χ1v) is 4.06. The Balaban J connectivity index is 2.63. The smallest absolute Gasteiger partial charge is 0.232 e. The van der Waals surface area contributed by atoms with Crippen molar-refractivity contribution in [1.29, 1.82) is 0 Å². The first kappa shape index (κ1) is 8.25. The van der Waals surface area contributed by atoms with Crippen LogP contribution in [0.25, 0.3) is 0 Å². The van der Waals surface area contributed by atoms with Crippen LogP contribution in [-0.4, -0.2) is 22.9 Å². The molecule has 0 aromatic carbocycles. The fourth-order valence-electron chi connectivity index (χ4n) is 1.28. The quantitative estimate of drug-likeness (QED) is 0.606. The number of nitrogens with zero attached hydrogens (tertiary/aromatic N) is 3. The predicted octanol–water partition coefficient (Wildman–Crippen LogP) is 0.231. The number of hydrogen-bond donors (Lipinski definition) is 1. The monoisotopic (exact) mass is 198 g/mol. The maximum absolute atomic E-state index is 11.3. The van der Waals surface area contributed by atoms with E-state index in [4.69, 9.17) is 17.3 Å². The maximum Gasteiger partial charge on any atom is 0.232 e. The molecule has 0 aliphatic carbocycles. The van der Waals surface area contributed by atoms with Crippen LogP contribution in [0.2, 0.25) is 5.15 Å². The largest absolute Gasteiger partial charge is 0.368 e. The van der Waals surface area contributed by atoms with E-state index in [1.165, 1.54) is 4.90 Å². The summed E-state index contributed by atoms with van der Waals surface area (Å²) in [5.41, 5.74) is 6.05. The summed E-state index contributed by atoms with van der Waals surface area (Å²) in [6, 6.07) is 0. The van der Waals surface area contributed by atoms with Crippen LogP contribution in [0.5, 0.6) is 0 Å². The van der Waals surface area contributed by atoms with E-state index in [-0.39, 0.29) is 23.4 Å². The average Bonchev–Trinajstić information content (AvgIpc) is 2.32. The first-order valence-electron chi connectivity index (χ1n) is 3.68. The van der Waals surface area contributed by atoms with Gasteiger partial charge in [0, 0.05) is 12.6 Å². The Labute approximate surface area is 79.5 Å². The second-order valence-corrected chi connectivity index (χ2v) is 3.16. The standard InChI is InChI=1S/C7H7ClN4O/c1-12-4(13)2-3-5(8)10-7(9)11-6(3)12/h2H2,1H3,(H2,9,10,11). The van der Waals surface area contributed by atoms with Gasteiger partial charge in [0.1, 0.15) is 11.0 Å². The molecular weight excluding hydrogens is 192 g/mol. The Kier molecular flexibility index (Phi) is 1.63. The van der Waals surface area contributed by atoms with E-state index in [1.54, 1.807) is 7.05 Å². The molecule has 0 radical (unpaired) electrons. The molecule has 5 nitrogen and oxygen atoms in total. The van der Waals surface area contributed by atoms with Crippen molar-refractivity contribution in [3.05, 3.63) is 10.7 Å². The van der Waals surface area contributed by atoms with Crippen molar-refractivity contribution in [1.82, 2.24) is 9.97 Å². The summed E-state index contributed by atoms with van der Waals surface area (Å²) in [6.45, 7) is 0. The highest BCUT2D eigenvalue weighted by Crippen LogP contribution is 2.30. The summed E-state index contributed by atoms with van der Waals surface area (Å²) in [5, 5.41) is 0.264. The van der Waals surface area contributed by atoms with Crippen molar-refractivity contribution < 1.29 is 4.79 Å². The summed E-state index contributed by atoms with van der Waals surface area (Å²) in [6.07, 6.45) is 0.255. The number of aromatic nitrogens is 2. The topological polar surface area (TPSA) is 72.1 Å². The summed E-state index contributed by atoms with van der Waals surface area (Å²) in [4.78, 5) is 20.4. The van der Waals surface area contributed by atoms with Gasteiger partial charge >= 0.3 is 0 Å². The number of anilines is 2. The van der Waals surface area contributed by atoms with Crippen LogP contribution in [0.3, 0.4) is 0 Å². The van der Waals surface area contributed by atoms with Crippen molar-refractivity contribution in [3.8, 4) is 0 Å². The molecule has 2 N–H and O–H groups in total. The van der Waals surface area contributed by atoms with E-state index >= 15 is 0 Å². The van der Waals surface area contributed by atoms with Crippen LogP contribution in [0.4, 0.5) is 11.8 Å². The highest BCUT2D eigenvalue weighted by molar-refractivity contribution is 6.31. The summed E-state index contributed by atoms with van der Waals surface area (Å²) in [5.74, 6) is 0.560. The molecule has 1 amide bonds. The van der Waals surface area contributed by atoms with Crippen LogP contribution in [-0.2, 0) is 11.2 Å². The van der Waals surface area contributed by atoms with Crippen LogP contribution < -0.4 is 10.6 Å². The number of amides is 1. The number of hydrogen-bond acceptors (Lipinski definition) is 4. The molecule has 1 aromatic rings. The Morgan fingerprint density at radius 1 is 1.54 bits per heavy atom. The summed E-state index contributed by atoms with van der Waals surface area (Å²) in [7, 11) is 1.64. The van der Waals surface area contributed by atoms with Crippen LogP contribution >= 0.6 is 11.6 Å². The molecular formula is C7H7ClN4O. The van der Waals surface area contributed by atoms with Crippen molar-refractivity contribution in [3.63, 3.8) is 0 Å². The minimum Gasteiger partial charge on any atom is -0.368 e. The number of fused-ring (bicyclic) bond motifs is 1. The number of carbonyl (C=O) groups excluding carboxylic acids is 1. The molecule has 13 heavy (non-hydrogen) atoms. The second-order valence-electron chi connectivity index (χ2n) is 2.80. The van der Waals surface area contributed by atoms with Crippen LogP contribution in [0.15, 0.2) is 0 Å². The number of likely N-dealkylation sites (N-methyl/N-ethyl adjacent to an activating group) is 1. The number of halogens is 1. The number of nitrogens with two attached hydrogens (primary N) is 1. The minimum absolute atomic E-state index is 0.0446. The van der Waals surface area contributed by atoms with Crippen LogP contribution in [0.1, 0.15) is 5.56 Å². The highest BCUT2D eigenvalue weighted by Gasteiger charge is 2.28. The van der Waals surface area contributed by atoms with Crippen molar-refractivity contribution in [2.24, 2.45) is 0 Å². The molecule has 1 aliphatic rings. The van der Waals surface area contributed by atoms with Gasteiger partial charge in [0.15, 0.2) is 0 Å². The maximum atomic E-state index is 11.3. The number of rotatable bonds is 0. The zero-order chi connectivity index (χ0) is 9.59. The third-order valence-electron chi connectivity index (χ3n) is 1.97. The van der Waals surface area contributed by atoms with Gasteiger partial charge in [0.2, 0.25) is 11.9 Å². The Morgan fingerprint density at radius 3 is 2.92 bits per heavy atom. The predicted molar refractivity (Wildman–Crippen MR) is 48.6 cm³/mol. The lowest BCUT2D eigenvalue weighted by atomic mass is 10.3. The normalized spacial score (nSPS) is 14.9. The van der Waals surface area contributed by atoms with E-state index in [1.807, 2.05) is 0 Å². The molecule has 0 atom stereocenters. The molecule has 68 valence electrons. The summed E-state index contributed by atoms with van der Waals surface area (Å²) >= 11 is 5.80. The lowest BCUT2D eigenvalue weighted by Crippen LogP contribution is -2.21.